The number of hydrazine groups is 1. The van der Waals surface area contributed by atoms with E-state index in [9.17, 15) is 13.2 Å². The molecule has 1 aromatic heterocycles. The maximum absolute atomic E-state index is 13.0. The monoisotopic (exact) mass is 481 g/mol. The lowest BCUT2D eigenvalue weighted by molar-refractivity contribution is -0.137. The van der Waals surface area contributed by atoms with Crippen molar-refractivity contribution in [3.63, 3.8) is 0 Å². The number of anilines is 4. The number of nitrogens with two attached hydrogens (primary N) is 4. The Bertz CT molecular complexity index is 924. The molecule has 3 heterocycles. The molecule has 11 nitrogen and oxygen atoms in total. The summed E-state index contributed by atoms with van der Waals surface area (Å²) < 4.78 is 39.1. The Labute approximate surface area is 195 Å². The molecule has 1 aromatic carbocycles. The summed E-state index contributed by atoms with van der Waals surface area (Å²) in [6, 6.07) is 4.24. The van der Waals surface area contributed by atoms with Crippen molar-refractivity contribution >= 4 is 23.5 Å². The lowest BCUT2D eigenvalue weighted by Crippen LogP contribution is -2.54. The number of piperidine rings is 2. The highest BCUT2D eigenvalue weighted by atomic mass is 19.4. The highest BCUT2D eigenvalue weighted by Crippen LogP contribution is 2.30. The van der Waals surface area contributed by atoms with Gasteiger partial charge >= 0.3 is 6.18 Å². The first kappa shape index (κ1) is 24.2. The van der Waals surface area contributed by atoms with Gasteiger partial charge in [0.25, 0.3) is 0 Å². The van der Waals surface area contributed by atoms with Crippen LogP contribution in [0.2, 0.25) is 0 Å². The number of nitrogens with zero attached hydrogens (tertiary/aromatic N) is 5. The van der Waals surface area contributed by atoms with Gasteiger partial charge in [-0.2, -0.15) is 28.1 Å². The van der Waals surface area contributed by atoms with Gasteiger partial charge in [-0.15, -0.1) is 0 Å². The van der Waals surface area contributed by atoms with Crippen LogP contribution in [-0.4, -0.2) is 65.3 Å². The Kier molecular flexibility index (Phi) is 6.93. The minimum Gasteiger partial charge on any atom is -0.338 e. The van der Waals surface area contributed by atoms with Crippen LogP contribution in [-0.2, 0) is 6.18 Å². The first-order chi connectivity index (χ1) is 16.1. The lowest BCUT2D eigenvalue weighted by atomic mass is 10.0. The molecule has 4 rings (SSSR count). The van der Waals surface area contributed by atoms with Crippen molar-refractivity contribution in [2.24, 2.45) is 22.9 Å². The summed E-state index contributed by atoms with van der Waals surface area (Å²) in [5, 5.41) is 0. The fourth-order valence-electron chi connectivity index (χ4n) is 4.28. The third kappa shape index (κ3) is 5.94. The molecular formula is C20H30F3N11. The maximum Gasteiger partial charge on any atom is 0.416 e. The number of benzene rings is 1. The van der Waals surface area contributed by atoms with E-state index in [4.69, 9.17) is 22.9 Å². The van der Waals surface area contributed by atoms with Crippen molar-refractivity contribution in [1.82, 2.24) is 15.0 Å². The molecule has 0 amide bonds. The number of nitrogens with one attached hydrogen (secondary N) is 2. The third-order valence-electron chi connectivity index (χ3n) is 5.72. The number of hydrogen-bond acceptors (Lipinski definition) is 11. The van der Waals surface area contributed by atoms with Crippen LogP contribution in [0.1, 0.15) is 18.4 Å². The van der Waals surface area contributed by atoms with Crippen molar-refractivity contribution in [2.75, 3.05) is 46.8 Å². The van der Waals surface area contributed by atoms with Crippen LogP contribution in [0, 0.1) is 0 Å². The first-order valence-corrected chi connectivity index (χ1v) is 11.0. The van der Waals surface area contributed by atoms with E-state index in [1.807, 2.05) is 9.80 Å². The molecule has 2 aliphatic rings. The van der Waals surface area contributed by atoms with Crippen LogP contribution in [0.25, 0.3) is 0 Å². The zero-order valence-electron chi connectivity index (χ0n) is 18.5. The molecule has 0 aliphatic carbocycles. The van der Waals surface area contributed by atoms with Crippen LogP contribution in [0.4, 0.5) is 36.7 Å². The summed E-state index contributed by atoms with van der Waals surface area (Å²) in [4.78, 5) is 17.3. The van der Waals surface area contributed by atoms with Crippen molar-refractivity contribution < 1.29 is 13.2 Å². The molecule has 4 atom stereocenters. The van der Waals surface area contributed by atoms with Gasteiger partial charge in [-0.3, -0.25) is 10.9 Å². The molecule has 14 heteroatoms. The number of halogens is 3. The minimum atomic E-state index is -4.46. The van der Waals surface area contributed by atoms with Crippen LogP contribution < -0.4 is 43.6 Å². The van der Waals surface area contributed by atoms with E-state index >= 15 is 0 Å². The van der Waals surface area contributed by atoms with Gasteiger partial charge in [0.05, 0.1) is 11.3 Å². The Morgan fingerprint density at radius 1 is 0.765 bits per heavy atom. The molecule has 0 saturated carbocycles. The van der Waals surface area contributed by atoms with E-state index in [-0.39, 0.29) is 35.8 Å². The smallest absolute Gasteiger partial charge is 0.338 e. The molecule has 2 aromatic rings. The Hall–Kier alpha value is -2.94. The number of alkyl halides is 3. The van der Waals surface area contributed by atoms with E-state index in [2.05, 4.69) is 25.8 Å². The van der Waals surface area contributed by atoms with Gasteiger partial charge < -0.3 is 32.7 Å². The summed E-state index contributed by atoms with van der Waals surface area (Å²) in [6.07, 6.45) is -3.08. The second kappa shape index (κ2) is 9.74. The molecule has 2 saturated heterocycles. The number of aromatic nitrogens is 3. The first-order valence-electron chi connectivity index (χ1n) is 11.0. The van der Waals surface area contributed by atoms with Crippen molar-refractivity contribution in [1.29, 1.82) is 0 Å². The number of rotatable bonds is 5. The molecule has 186 valence electrons. The van der Waals surface area contributed by atoms with E-state index in [0.29, 0.717) is 50.9 Å². The van der Waals surface area contributed by atoms with Gasteiger partial charge in [0.2, 0.25) is 17.8 Å². The average Bonchev–Trinajstić information content (AvgIpc) is 2.76. The van der Waals surface area contributed by atoms with Gasteiger partial charge in [0.15, 0.2) is 0 Å². The average molecular weight is 482 g/mol. The molecule has 0 radical (unpaired) electrons. The summed E-state index contributed by atoms with van der Waals surface area (Å²) in [6.45, 7) is 2.04. The van der Waals surface area contributed by atoms with Crippen LogP contribution in [0.15, 0.2) is 24.3 Å². The normalized spacial score (nSPS) is 25.9. The molecule has 2 aliphatic heterocycles. The molecule has 0 spiro atoms. The van der Waals surface area contributed by atoms with Gasteiger partial charge in [0.1, 0.15) is 0 Å². The Balaban J connectivity index is 1.60. The lowest BCUT2D eigenvalue weighted by Gasteiger charge is -2.37. The molecule has 10 N–H and O–H groups in total. The third-order valence-corrected chi connectivity index (χ3v) is 5.72. The summed E-state index contributed by atoms with van der Waals surface area (Å²) in [7, 11) is 0. The second-order valence-electron chi connectivity index (χ2n) is 8.91. The molecule has 0 unspecified atom stereocenters. The van der Waals surface area contributed by atoms with Crippen LogP contribution >= 0.6 is 0 Å². The number of hydrogen-bond donors (Lipinski definition) is 6. The van der Waals surface area contributed by atoms with E-state index < -0.39 is 11.7 Å². The van der Waals surface area contributed by atoms with Crippen molar-refractivity contribution in [3.8, 4) is 0 Å². The quantitative estimate of drug-likeness (QED) is 0.319. The van der Waals surface area contributed by atoms with Crippen LogP contribution in [0.3, 0.4) is 0 Å². The van der Waals surface area contributed by atoms with E-state index in [1.54, 1.807) is 0 Å². The minimum absolute atomic E-state index is 0.123. The van der Waals surface area contributed by atoms with Gasteiger partial charge in [-0.1, -0.05) is 6.07 Å². The second-order valence-corrected chi connectivity index (χ2v) is 8.91. The fourth-order valence-corrected chi connectivity index (χ4v) is 4.28. The van der Waals surface area contributed by atoms with Gasteiger partial charge in [0, 0.05) is 50.3 Å². The molecular weight excluding hydrogens is 451 g/mol. The fraction of sp³-hybridized carbons (Fsp3) is 0.550. The Morgan fingerprint density at radius 3 is 1.74 bits per heavy atom. The predicted octanol–water partition coefficient (Wildman–Crippen LogP) is 0.0588. The highest BCUT2D eigenvalue weighted by molar-refractivity contribution is 5.52. The van der Waals surface area contributed by atoms with Crippen molar-refractivity contribution in [3.05, 3.63) is 29.8 Å². The standard InChI is InChI=1S/C20H30F3N11/c21-20(22,23)11-2-1-3-16(4-11)31-32-17-28-18(33-7-12(24)5-13(25)8-33)30-19(29-17)34-9-14(26)6-15(27)10-34/h1-4,12-15,31H,5-10,24-27H2,(H,28,29,30,32)/t12-,13+,14-,15+. The Morgan fingerprint density at radius 2 is 1.26 bits per heavy atom. The summed E-state index contributed by atoms with van der Waals surface area (Å²) in [5.74, 6) is 0.839. The van der Waals surface area contributed by atoms with Gasteiger partial charge in [-0.05, 0) is 31.0 Å². The van der Waals surface area contributed by atoms with Crippen molar-refractivity contribution in [2.45, 2.75) is 43.2 Å². The van der Waals surface area contributed by atoms with Crippen LogP contribution in [0.5, 0.6) is 0 Å². The molecule has 0 bridgehead atoms. The largest absolute Gasteiger partial charge is 0.416 e. The zero-order chi connectivity index (χ0) is 24.5. The zero-order valence-corrected chi connectivity index (χ0v) is 18.5. The predicted molar refractivity (Wildman–Crippen MR) is 124 cm³/mol. The molecule has 34 heavy (non-hydrogen) atoms. The van der Waals surface area contributed by atoms with E-state index in [1.165, 1.54) is 12.1 Å². The summed E-state index contributed by atoms with van der Waals surface area (Å²) in [5.41, 5.74) is 29.5. The topological polar surface area (TPSA) is 173 Å². The maximum atomic E-state index is 13.0. The SMILES string of the molecule is N[C@@H]1C[C@H](N)CN(c2nc(NNc3cccc(C(F)(F)F)c3)nc(N3C[C@H](N)C[C@H](N)C3)n2)C1. The highest BCUT2D eigenvalue weighted by Gasteiger charge is 2.31. The summed E-state index contributed by atoms with van der Waals surface area (Å²) >= 11 is 0. The molecule has 2 fully saturated rings. The van der Waals surface area contributed by atoms with E-state index in [0.717, 1.165) is 12.1 Å². The van der Waals surface area contributed by atoms with Gasteiger partial charge in [-0.25, -0.2) is 0 Å².